The van der Waals surface area contributed by atoms with E-state index in [9.17, 15) is 0 Å². The smallest absolute Gasteiger partial charge is 0.309 e. The average Bonchev–Trinajstić information content (AvgIpc) is 1.54. The van der Waals surface area contributed by atoms with Gasteiger partial charge < -0.3 is 22.9 Å². The number of nitrogens with two attached hydrogens (primary N) is 4. The number of primary amides is 4. The first-order valence-electron chi connectivity index (χ1n) is 3.29. The summed E-state index contributed by atoms with van der Waals surface area (Å²) in [6.07, 6.45) is 0. The van der Waals surface area contributed by atoms with Crippen LogP contribution in [0.25, 0.3) is 0 Å². The Morgan fingerprint density at radius 2 is 0.833 bits per heavy atom. The molecule has 0 atom stereocenters. The van der Waals surface area contributed by atoms with Crippen LogP contribution in [0.2, 0.25) is 0 Å². The molecule has 0 aliphatic carbocycles. The number of rotatable bonds is 0. The van der Waals surface area contributed by atoms with E-state index in [2.05, 4.69) is 43.7 Å². The van der Waals surface area contributed by atoms with Crippen LogP contribution in [0.5, 0.6) is 0 Å². The second kappa shape index (κ2) is 12.2. The van der Waals surface area contributed by atoms with Gasteiger partial charge in [0.2, 0.25) is 0 Å². The summed E-state index contributed by atoms with van der Waals surface area (Å²) in [6.45, 7) is 6.50. The van der Waals surface area contributed by atoms with Gasteiger partial charge in [-0.2, -0.15) is 0 Å². The third-order valence-corrected chi connectivity index (χ3v) is 0. The molecular weight excluding hydrogens is 160 g/mol. The van der Waals surface area contributed by atoms with E-state index < -0.39 is 12.1 Å². The molecule has 0 saturated carbocycles. The predicted octanol–water partition coefficient (Wildman–Crippen LogP) is -0.290. The van der Waals surface area contributed by atoms with Crippen molar-refractivity contribution >= 4 is 12.1 Å². The molecular formula is C6H18N4O2. The molecule has 8 N–H and O–H groups in total. The van der Waals surface area contributed by atoms with Crippen LogP contribution < -0.4 is 22.9 Å². The van der Waals surface area contributed by atoms with Crippen LogP contribution in [-0.2, 0) is 0 Å². The SMILES string of the molecule is CC(C)C.NC(N)=O.NC(N)=O. The van der Waals surface area contributed by atoms with Crippen molar-refractivity contribution in [1.82, 2.24) is 0 Å². The summed E-state index contributed by atoms with van der Waals surface area (Å²) in [4.78, 5) is 18.0. The topological polar surface area (TPSA) is 138 Å². The van der Waals surface area contributed by atoms with Gasteiger partial charge in [-0.05, 0) is 5.92 Å². The van der Waals surface area contributed by atoms with E-state index >= 15 is 0 Å². The minimum atomic E-state index is -0.833. The van der Waals surface area contributed by atoms with Crippen LogP contribution in [0.15, 0.2) is 0 Å². The zero-order valence-electron chi connectivity index (χ0n) is 7.70. The fourth-order valence-electron chi connectivity index (χ4n) is 0. The molecule has 6 nitrogen and oxygen atoms in total. The van der Waals surface area contributed by atoms with E-state index in [4.69, 9.17) is 9.59 Å². The molecule has 0 spiro atoms. The summed E-state index contributed by atoms with van der Waals surface area (Å²) in [5, 5.41) is 0. The molecule has 0 fully saturated rings. The fourth-order valence-corrected chi connectivity index (χ4v) is 0. The second-order valence-corrected chi connectivity index (χ2v) is 2.54. The maximum Gasteiger partial charge on any atom is 0.309 e. The van der Waals surface area contributed by atoms with Gasteiger partial charge in [0.1, 0.15) is 0 Å². The molecule has 0 aromatic heterocycles. The highest BCUT2D eigenvalue weighted by Crippen LogP contribution is 1.81. The van der Waals surface area contributed by atoms with Crippen LogP contribution in [0.3, 0.4) is 0 Å². The minimum Gasteiger partial charge on any atom is -0.352 e. The lowest BCUT2D eigenvalue weighted by atomic mass is 10.3. The van der Waals surface area contributed by atoms with Crippen LogP contribution in [-0.4, -0.2) is 12.1 Å². The predicted molar refractivity (Wildman–Crippen MR) is 48.1 cm³/mol. The molecule has 0 unspecified atom stereocenters. The molecule has 6 heteroatoms. The van der Waals surface area contributed by atoms with Crippen molar-refractivity contribution in [3.05, 3.63) is 0 Å². The molecule has 0 rings (SSSR count). The normalized spacial score (nSPS) is 7.00. The molecule has 12 heavy (non-hydrogen) atoms. The molecule has 0 bridgehead atoms. The first kappa shape index (κ1) is 16.9. The van der Waals surface area contributed by atoms with Crippen LogP contribution in [0.1, 0.15) is 20.8 Å². The lowest BCUT2D eigenvalue weighted by molar-refractivity contribution is 0.255. The Kier molecular flexibility index (Phi) is 17.2. The lowest BCUT2D eigenvalue weighted by Gasteiger charge is -1.79. The van der Waals surface area contributed by atoms with Gasteiger partial charge in [-0.1, -0.05) is 20.8 Å². The second-order valence-electron chi connectivity index (χ2n) is 2.54. The van der Waals surface area contributed by atoms with Gasteiger partial charge >= 0.3 is 12.1 Å². The summed E-state index contributed by atoms with van der Waals surface area (Å²) in [5.74, 6) is 0.833. The fraction of sp³-hybridized carbons (Fsp3) is 0.667. The zero-order valence-corrected chi connectivity index (χ0v) is 7.70. The van der Waals surface area contributed by atoms with Crippen LogP contribution in [0.4, 0.5) is 9.59 Å². The van der Waals surface area contributed by atoms with Crippen molar-refractivity contribution in [2.24, 2.45) is 28.9 Å². The molecule has 0 radical (unpaired) electrons. The van der Waals surface area contributed by atoms with Gasteiger partial charge in [0.25, 0.3) is 0 Å². The van der Waals surface area contributed by atoms with Crippen molar-refractivity contribution in [3.8, 4) is 0 Å². The molecule has 0 aromatic carbocycles. The van der Waals surface area contributed by atoms with E-state index in [0.29, 0.717) is 0 Å². The van der Waals surface area contributed by atoms with E-state index in [1.807, 2.05) is 0 Å². The zero-order chi connectivity index (χ0) is 10.7. The number of hydrogen-bond acceptors (Lipinski definition) is 2. The van der Waals surface area contributed by atoms with E-state index in [1.165, 1.54) is 0 Å². The number of urea groups is 2. The monoisotopic (exact) mass is 178 g/mol. The molecule has 0 heterocycles. The Morgan fingerprint density at radius 3 is 0.833 bits per heavy atom. The number of amides is 4. The maximum absolute atomic E-state index is 9.00. The van der Waals surface area contributed by atoms with E-state index in [-0.39, 0.29) is 0 Å². The van der Waals surface area contributed by atoms with E-state index in [0.717, 1.165) is 5.92 Å². The number of carbonyl (C=O) groups is 2. The number of carbonyl (C=O) groups excluding carboxylic acids is 2. The summed E-state index contributed by atoms with van der Waals surface area (Å²) in [6, 6.07) is -1.67. The van der Waals surface area contributed by atoms with Gasteiger partial charge in [0.05, 0.1) is 0 Å². The first-order valence-corrected chi connectivity index (χ1v) is 3.29. The van der Waals surface area contributed by atoms with E-state index in [1.54, 1.807) is 0 Å². The molecule has 0 aliphatic heterocycles. The first-order chi connectivity index (χ1) is 5.20. The van der Waals surface area contributed by atoms with Crippen molar-refractivity contribution in [2.75, 3.05) is 0 Å². The standard InChI is InChI=1S/C4H10.2CH4N2O/c1-4(2)3;2*2-1(3)4/h4H,1-3H3;2*(H4,2,3,4). The molecule has 4 amide bonds. The van der Waals surface area contributed by atoms with Gasteiger partial charge in [-0.15, -0.1) is 0 Å². The quantitative estimate of drug-likeness (QED) is 0.405. The van der Waals surface area contributed by atoms with Crippen molar-refractivity contribution in [3.63, 3.8) is 0 Å². The average molecular weight is 178 g/mol. The Bertz CT molecular complexity index is 102. The maximum atomic E-state index is 9.00. The summed E-state index contributed by atoms with van der Waals surface area (Å²) < 4.78 is 0. The largest absolute Gasteiger partial charge is 0.352 e. The Hall–Kier alpha value is -1.46. The third-order valence-electron chi connectivity index (χ3n) is 0. The van der Waals surface area contributed by atoms with Crippen molar-refractivity contribution < 1.29 is 9.59 Å². The lowest BCUT2D eigenvalue weighted by Crippen LogP contribution is -2.18. The Balaban J connectivity index is -0.000000101. The van der Waals surface area contributed by atoms with Crippen LogP contribution >= 0.6 is 0 Å². The molecule has 0 saturated heterocycles. The third kappa shape index (κ3) is 228. The van der Waals surface area contributed by atoms with Crippen molar-refractivity contribution in [1.29, 1.82) is 0 Å². The van der Waals surface area contributed by atoms with Gasteiger partial charge in [-0.3, -0.25) is 0 Å². The highest BCUT2D eigenvalue weighted by Gasteiger charge is 1.68. The summed E-state index contributed by atoms with van der Waals surface area (Å²) >= 11 is 0. The highest BCUT2D eigenvalue weighted by molar-refractivity contribution is 5.69. The van der Waals surface area contributed by atoms with Crippen molar-refractivity contribution in [2.45, 2.75) is 20.8 Å². The Labute approximate surface area is 72.3 Å². The Morgan fingerprint density at radius 1 is 0.833 bits per heavy atom. The van der Waals surface area contributed by atoms with Crippen LogP contribution in [0, 0.1) is 5.92 Å². The molecule has 0 aliphatic rings. The molecule has 0 aromatic rings. The summed E-state index contributed by atoms with van der Waals surface area (Å²) in [7, 11) is 0. The number of hydrogen-bond donors (Lipinski definition) is 4. The van der Waals surface area contributed by atoms with Gasteiger partial charge in [0, 0.05) is 0 Å². The van der Waals surface area contributed by atoms with Gasteiger partial charge in [-0.25, -0.2) is 9.59 Å². The molecule has 74 valence electrons. The highest BCUT2D eigenvalue weighted by atomic mass is 16.2. The summed E-state index contributed by atoms with van der Waals surface area (Å²) in [5.41, 5.74) is 17.0. The minimum absolute atomic E-state index is 0.833. The van der Waals surface area contributed by atoms with Gasteiger partial charge in [0.15, 0.2) is 0 Å².